The molecule has 2 rings (SSSR count). The Balaban J connectivity index is 2.95. The third-order valence-electron chi connectivity index (χ3n) is 2.22. The highest BCUT2D eigenvalue weighted by molar-refractivity contribution is 9.10. The van der Waals surface area contributed by atoms with Gasteiger partial charge in [-0.05, 0) is 40.9 Å². The monoisotopic (exact) mass is 238 g/mol. The van der Waals surface area contributed by atoms with Crippen LogP contribution in [-0.4, -0.2) is 9.78 Å². The molecule has 0 fully saturated rings. The molecule has 0 saturated heterocycles. The third-order valence-corrected chi connectivity index (χ3v) is 3.27. The lowest BCUT2D eigenvalue weighted by molar-refractivity contribution is 0.779. The van der Waals surface area contributed by atoms with E-state index in [-0.39, 0.29) is 0 Å². The van der Waals surface area contributed by atoms with E-state index in [1.165, 1.54) is 16.5 Å². The van der Waals surface area contributed by atoms with Crippen LogP contribution in [-0.2, 0) is 7.05 Å². The number of hydrogen-bond donors (Lipinski definition) is 0. The molecule has 1 heterocycles. The van der Waals surface area contributed by atoms with E-state index in [9.17, 15) is 0 Å². The molecule has 0 saturated carbocycles. The SMILES string of the molecule is Cc1cc(C)c2nn(C)cc2c1Br. The molecule has 0 aliphatic heterocycles. The van der Waals surface area contributed by atoms with Crippen molar-refractivity contribution in [2.24, 2.45) is 7.05 Å². The zero-order valence-electron chi connectivity index (χ0n) is 7.93. The molecule has 0 spiro atoms. The number of aromatic nitrogens is 2. The second kappa shape index (κ2) is 2.84. The average Bonchev–Trinajstić information content (AvgIpc) is 2.44. The van der Waals surface area contributed by atoms with Gasteiger partial charge in [0.05, 0.1) is 5.52 Å². The van der Waals surface area contributed by atoms with Gasteiger partial charge in [-0.1, -0.05) is 6.07 Å². The minimum atomic E-state index is 1.08. The normalized spacial score (nSPS) is 11.1. The molecular formula is C10H11BrN2. The van der Waals surface area contributed by atoms with Crippen molar-refractivity contribution in [3.63, 3.8) is 0 Å². The first-order valence-corrected chi connectivity index (χ1v) is 4.98. The number of rotatable bonds is 0. The number of nitrogens with zero attached hydrogens (tertiary/aromatic N) is 2. The molecule has 0 aliphatic carbocycles. The quantitative estimate of drug-likeness (QED) is 0.691. The van der Waals surface area contributed by atoms with Crippen molar-refractivity contribution in [2.45, 2.75) is 13.8 Å². The minimum absolute atomic E-state index is 1.08. The van der Waals surface area contributed by atoms with Crippen LogP contribution < -0.4 is 0 Å². The van der Waals surface area contributed by atoms with E-state index in [0.29, 0.717) is 0 Å². The summed E-state index contributed by atoms with van der Waals surface area (Å²) in [5, 5.41) is 5.60. The van der Waals surface area contributed by atoms with Gasteiger partial charge in [-0.15, -0.1) is 0 Å². The largest absolute Gasteiger partial charge is 0.275 e. The van der Waals surface area contributed by atoms with Crippen LogP contribution in [0.25, 0.3) is 10.9 Å². The van der Waals surface area contributed by atoms with Crippen LogP contribution in [0, 0.1) is 13.8 Å². The Hall–Kier alpha value is -0.830. The molecule has 0 radical (unpaired) electrons. The average molecular weight is 239 g/mol. The topological polar surface area (TPSA) is 17.8 Å². The summed E-state index contributed by atoms with van der Waals surface area (Å²) in [6, 6.07) is 2.15. The summed E-state index contributed by atoms with van der Waals surface area (Å²) in [6.45, 7) is 4.19. The lowest BCUT2D eigenvalue weighted by Crippen LogP contribution is -1.86. The number of aryl methyl sites for hydroxylation is 3. The van der Waals surface area contributed by atoms with Gasteiger partial charge in [0.15, 0.2) is 0 Å². The van der Waals surface area contributed by atoms with Crippen LogP contribution in [0.5, 0.6) is 0 Å². The molecule has 0 atom stereocenters. The zero-order chi connectivity index (χ0) is 9.59. The van der Waals surface area contributed by atoms with Gasteiger partial charge in [-0.2, -0.15) is 5.10 Å². The van der Waals surface area contributed by atoms with Gasteiger partial charge >= 0.3 is 0 Å². The van der Waals surface area contributed by atoms with Gasteiger partial charge < -0.3 is 0 Å². The Labute approximate surface area is 85.7 Å². The van der Waals surface area contributed by atoms with Gasteiger partial charge in [-0.3, -0.25) is 4.68 Å². The Morgan fingerprint density at radius 1 is 1.31 bits per heavy atom. The molecule has 0 bridgehead atoms. The van der Waals surface area contributed by atoms with Crippen molar-refractivity contribution < 1.29 is 0 Å². The number of hydrogen-bond acceptors (Lipinski definition) is 1. The van der Waals surface area contributed by atoms with E-state index in [2.05, 4.69) is 40.9 Å². The van der Waals surface area contributed by atoms with Crippen LogP contribution in [0.15, 0.2) is 16.7 Å². The number of halogens is 1. The first-order valence-electron chi connectivity index (χ1n) is 4.18. The predicted molar refractivity (Wildman–Crippen MR) is 57.9 cm³/mol. The van der Waals surface area contributed by atoms with Crippen molar-refractivity contribution in [3.05, 3.63) is 27.9 Å². The molecule has 1 aromatic carbocycles. The summed E-state index contributed by atoms with van der Waals surface area (Å²) in [5.41, 5.74) is 3.58. The Morgan fingerprint density at radius 3 is 2.69 bits per heavy atom. The first kappa shape index (κ1) is 8.75. The highest BCUT2D eigenvalue weighted by atomic mass is 79.9. The molecule has 0 amide bonds. The van der Waals surface area contributed by atoms with E-state index in [0.717, 1.165) is 9.99 Å². The maximum atomic E-state index is 4.40. The molecule has 2 aromatic rings. The molecule has 1 aromatic heterocycles. The summed E-state index contributed by atoms with van der Waals surface area (Å²) < 4.78 is 3.00. The van der Waals surface area contributed by atoms with E-state index in [1.54, 1.807) is 0 Å². The van der Waals surface area contributed by atoms with E-state index in [4.69, 9.17) is 0 Å². The molecular weight excluding hydrogens is 228 g/mol. The first-order chi connectivity index (χ1) is 6.09. The fraction of sp³-hybridized carbons (Fsp3) is 0.300. The Morgan fingerprint density at radius 2 is 2.00 bits per heavy atom. The fourth-order valence-corrected chi connectivity index (χ4v) is 2.01. The van der Waals surface area contributed by atoms with Crippen LogP contribution in [0.3, 0.4) is 0 Å². The van der Waals surface area contributed by atoms with Gasteiger partial charge in [0.1, 0.15) is 0 Å². The van der Waals surface area contributed by atoms with Crippen LogP contribution >= 0.6 is 15.9 Å². The molecule has 3 heteroatoms. The van der Waals surface area contributed by atoms with Gasteiger partial charge in [0.25, 0.3) is 0 Å². The van der Waals surface area contributed by atoms with Crippen molar-refractivity contribution in [2.75, 3.05) is 0 Å². The van der Waals surface area contributed by atoms with Crippen molar-refractivity contribution in [1.82, 2.24) is 9.78 Å². The fourth-order valence-electron chi connectivity index (χ4n) is 1.61. The number of fused-ring (bicyclic) bond motifs is 1. The van der Waals surface area contributed by atoms with Crippen molar-refractivity contribution in [1.29, 1.82) is 0 Å². The highest BCUT2D eigenvalue weighted by Gasteiger charge is 2.07. The maximum Gasteiger partial charge on any atom is 0.0963 e. The summed E-state index contributed by atoms with van der Waals surface area (Å²) in [7, 11) is 1.95. The summed E-state index contributed by atoms with van der Waals surface area (Å²) in [5.74, 6) is 0. The maximum absolute atomic E-state index is 4.40. The van der Waals surface area contributed by atoms with Crippen LogP contribution in [0.2, 0.25) is 0 Å². The van der Waals surface area contributed by atoms with Crippen molar-refractivity contribution >= 4 is 26.8 Å². The van der Waals surface area contributed by atoms with Crippen molar-refractivity contribution in [3.8, 4) is 0 Å². The van der Waals surface area contributed by atoms with Gasteiger partial charge in [0, 0.05) is 23.1 Å². The smallest absolute Gasteiger partial charge is 0.0963 e. The molecule has 68 valence electrons. The summed E-state index contributed by atoms with van der Waals surface area (Å²) in [6.07, 6.45) is 2.04. The molecule has 0 aliphatic rings. The third kappa shape index (κ3) is 1.27. The van der Waals surface area contributed by atoms with Crippen LogP contribution in [0.1, 0.15) is 11.1 Å². The predicted octanol–water partition coefficient (Wildman–Crippen LogP) is 2.95. The van der Waals surface area contributed by atoms with Crippen LogP contribution in [0.4, 0.5) is 0 Å². The van der Waals surface area contributed by atoms with Gasteiger partial charge in [-0.25, -0.2) is 0 Å². The van der Waals surface area contributed by atoms with E-state index in [1.807, 2.05) is 17.9 Å². The molecule has 2 nitrogen and oxygen atoms in total. The molecule has 13 heavy (non-hydrogen) atoms. The summed E-state index contributed by atoms with van der Waals surface area (Å²) in [4.78, 5) is 0. The highest BCUT2D eigenvalue weighted by Crippen LogP contribution is 2.28. The molecule has 0 unspecified atom stereocenters. The second-order valence-electron chi connectivity index (χ2n) is 3.39. The second-order valence-corrected chi connectivity index (χ2v) is 4.18. The Kier molecular flexibility index (Phi) is 1.91. The lowest BCUT2D eigenvalue weighted by atomic mass is 10.1. The standard InChI is InChI=1S/C10H11BrN2/c1-6-4-7(2)10-8(9(6)11)5-13(3)12-10/h4-5H,1-3H3. The lowest BCUT2D eigenvalue weighted by Gasteiger charge is -2.01. The zero-order valence-corrected chi connectivity index (χ0v) is 9.51. The molecule has 0 N–H and O–H groups in total. The van der Waals surface area contributed by atoms with E-state index >= 15 is 0 Å². The number of benzene rings is 1. The van der Waals surface area contributed by atoms with E-state index < -0.39 is 0 Å². The minimum Gasteiger partial charge on any atom is -0.275 e. The summed E-state index contributed by atoms with van der Waals surface area (Å²) >= 11 is 3.57. The van der Waals surface area contributed by atoms with Gasteiger partial charge in [0.2, 0.25) is 0 Å². The Bertz CT molecular complexity index is 471.